The predicted molar refractivity (Wildman–Crippen MR) is 99.5 cm³/mol. The molecule has 0 aliphatic heterocycles. The highest BCUT2D eigenvalue weighted by molar-refractivity contribution is 7.92. The predicted octanol–water partition coefficient (Wildman–Crippen LogP) is 2.68. The molecule has 2 N–H and O–H groups in total. The topological polar surface area (TPSA) is 93.2 Å². The number of benzene rings is 1. The number of hydrogen-bond donors (Lipinski definition) is 2. The number of rotatable bonds is 10. The molecule has 0 atom stereocenters. The Hall–Kier alpha value is -2.35. The maximum atomic E-state index is 11.8. The van der Waals surface area contributed by atoms with Crippen LogP contribution >= 0.6 is 0 Å². The molecule has 0 saturated carbocycles. The highest BCUT2D eigenvalue weighted by atomic mass is 32.2. The molecule has 1 heterocycles. The van der Waals surface area contributed by atoms with Gasteiger partial charge in [0.25, 0.3) is 0 Å². The van der Waals surface area contributed by atoms with Crippen molar-refractivity contribution in [2.45, 2.75) is 26.2 Å². The molecule has 8 heteroatoms. The van der Waals surface area contributed by atoms with E-state index in [2.05, 4.69) is 20.2 Å². The maximum absolute atomic E-state index is 11.8. The molecule has 1 aromatic carbocycles. The lowest BCUT2D eigenvalue weighted by Crippen LogP contribution is -2.17. The largest absolute Gasteiger partial charge is 0.497 e. The van der Waals surface area contributed by atoms with Gasteiger partial charge in [-0.2, -0.15) is 0 Å². The monoisotopic (exact) mass is 364 g/mol. The number of unbranched alkanes of at least 4 members (excludes halogenated alkanes) is 1. The van der Waals surface area contributed by atoms with Crippen LogP contribution < -0.4 is 14.8 Å². The number of hydrogen-bond acceptors (Lipinski definition) is 6. The van der Waals surface area contributed by atoms with Gasteiger partial charge in [-0.1, -0.05) is 25.5 Å². The van der Waals surface area contributed by atoms with Crippen molar-refractivity contribution in [1.29, 1.82) is 0 Å². The quantitative estimate of drug-likeness (QED) is 0.673. The number of methoxy groups -OCH3 is 1. The first-order valence-electron chi connectivity index (χ1n) is 8.23. The summed E-state index contributed by atoms with van der Waals surface area (Å²) in [6, 6.07) is 11.2. The molecule has 0 fully saturated rings. The van der Waals surface area contributed by atoms with Gasteiger partial charge >= 0.3 is 0 Å². The van der Waals surface area contributed by atoms with Crippen molar-refractivity contribution < 1.29 is 13.2 Å². The Morgan fingerprint density at radius 2 is 1.88 bits per heavy atom. The Kier molecular flexibility index (Phi) is 7.00. The molecule has 0 aliphatic carbocycles. The Morgan fingerprint density at radius 3 is 2.56 bits per heavy atom. The number of aromatic nitrogens is 2. The average Bonchev–Trinajstić information content (AvgIpc) is 2.61. The molecular weight excluding hydrogens is 340 g/mol. The van der Waals surface area contributed by atoms with Gasteiger partial charge < -0.3 is 10.1 Å². The van der Waals surface area contributed by atoms with E-state index < -0.39 is 10.0 Å². The summed E-state index contributed by atoms with van der Waals surface area (Å²) in [4.78, 5) is 0. The van der Waals surface area contributed by atoms with E-state index >= 15 is 0 Å². The van der Waals surface area contributed by atoms with Crippen LogP contribution in [0.15, 0.2) is 36.4 Å². The third-order valence-corrected chi connectivity index (χ3v) is 4.89. The number of anilines is 2. The summed E-state index contributed by atoms with van der Waals surface area (Å²) < 4.78 is 31.3. The summed E-state index contributed by atoms with van der Waals surface area (Å²) in [5.74, 6) is 1.75. The first-order chi connectivity index (χ1) is 12.0. The molecule has 2 aromatic rings. The molecule has 0 spiro atoms. The van der Waals surface area contributed by atoms with Crippen molar-refractivity contribution in [1.82, 2.24) is 10.2 Å². The Bertz CT molecular complexity index is 764. The van der Waals surface area contributed by atoms with Crippen molar-refractivity contribution in [2.75, 3.05) is 29.4 Å². The first kappa shape index (κ1) is 19.0. The Morgan fingerprint density at radius 1 is 1.12 bits per heavy atom. The van der Waals surface area contributed by atoms with Gasteiger partial charge in [-0.15, -0.1) is 10.2 Å². The Balaban J connectivity index is 1.83. The van der Waals surface area contributed by atoms with Crippen LogP contribution in [-0.4, -0.2) is 38.0 Å². The van der Waals surface area contributed by atoms with Crippen molar-refractivity contribution in [3.8, 4) is 5.75 Å². The normalized spacial score (nSPS) is 11.1. The van der Waals surface area contributed by atoms with Crippen LogP contribution in [0.5, 0.6) is 5.75 Å². The fraction of sp³-hybridized carbons (Fsp3) is 0.412. The molecule has 0 saturated heterocycles. The van der Waals surface area contributed by atoms with Gasteiger partial charge in [0.05, 0.1) is 12.9 Å². The smallest absolute Gasteiger partial charge is 0.233 e. The molecule has 0 aliphatic rings. The molecule has 1 aromatic heterocycles. The first-order valence-corrected chi connectivity index (χ1v) is 9.88. The number of sulfonamides is 1. The van der Waals surface area contributed by atoms with E-state index in [-0.39, 0.29) is 11.6 Å². The fourth-order valence-electron chi connectivity index (χ4n) is 2.19. The zero-order valence-corrected chi connectivity index (χ0v) is 15.3. The highest BCUT2D eigenvalue weighted by Gasteiger charge is 2.10. The number of nitrogens with one attached hydrogen (secondary N) is 2. The van der Waals surface area contributed by atoms with Crippen molar-refractivity contribution in [3.05, 3.63) is 42.0 Å². The lowest BCUT2D eigenvalue weighted by Gasteiger charge is -2.08. The van der Waals surface area contributed by atoms with Crippen molar-refractivity contribution in [3.63, 3.8) is 0 Å². The van der Waals surface area contributed by atoms with E-state index in [0.717, 1.165) is 24.2 Å². The Labute approximate surface area is 148 Å². The second kappa shape index (κ2) is 9.22. The van der Waals surface area contributed by atoms with E-state index in [1.807, 2.05) is 31.2 Å². The third kappa shape index (κ3) is 6.58. The van der Waals surface area contributed by atoms with Gasteiger partial charge in [-0.3, -0.25) is 4.72 Å². The minimum absolute atomic E-state index is 0.0890. The lowest BCUT2D eigenvalue weighted by molar-refractivity contribution is 0.414. The molecule has 2 rings (SSSR count). The van der Waals surface area contributed by atoms with Crippen LogP contribution in [0.25, 0.3) is 0 Å². The van der Waals surface area contributed by atoms with E-state index in [9.17, 15) is 8.42 Å². The van der Waals surface area contributed by atoms with Crippen LogP contribution in [0, 0.1) is 0 Å². The van der Waals surface area contributed by atoms with Crippen LogP contribution in [0.4, 0.5) is 11.6 Å². The average molecular weight is 364 g/mol. The van der Waals surface area contributed by atoms with E-state index in [4.69, 9.17) is 4.74 Å². The van der Waals surface area contributed by atoms with E-state index in [1.165, 1.54) is 0 Å². The van der Waals surface area contributed by atoms with Crippen LogP contribution in [-0.2, 0) is 16.4 Å². The van der Waals surface area contributed by atoms with Crippen LogP contribution in [0.1, 0.15) is 25.3 Å². The fourth-order valence-corrected chi connectivity index (χ4v) is 3.39. The zero-order chi connectivity index (χ0) is 18.1. The third-order valence-electron chi connectivity index (χ3n) is 3.55. The second-order valence-electron chi connectivity index (χ2n) is 5.61. The molecule has 0 amide bonds. The zero-order valence-electron chi connectivity index (χ0n) is 14.5. The minimum atomic E-state index is -3.35. The van der Waals surface area contributed by atoms with E-state index in [0.29, 0.717) is 18.8 Å². The summed E-state index contributed by atoms with van der Waals surface area (Å²) in [7, 11) is -1.71. The highest BCUT2D eigenvalue weighted by Crippen LogP contribution is 2.13. The standard InChI is InChI=1S/C17H24N4O3S/c1-3-4-12-25(22,23)21-17-9-8-16(19-20-17)18-11-10-14-6-5-7-15(13-14)24-2/h5-9,13H,3-4,10-12H2,1-2H3,(H,18,19)(H,20,21). The minimum Gasteiger partial charge on any atom is -0.497 e. The molecule has 0 bridgehead atoms. The molecule has 0 radical (unpaired) electrons. The van der Waals surface area contributed by atoms with Gasteiger partial charge in [-0.25, -0.2) is 8.42 Å². The molecule has 136 valence electrons. The molecular formula is C17H24N4O3S. The summed E-state index contributed by atoms with van der Waals surface area (Å²) >= 11 is 0. The summed E-state index contributed by atoms with van der Waals surface area (Å²) in [5.41, 5.74) is 1.15. The van der Waals surface area contributed by atoms with Gasteiger partial charge in [0.2, 0.25) is 10.0 Å². The molecule has 25 heavy (non-hydrogen) atoms. The van der Waals surface area contributed by atoms with Crippen molar-refractivity contribution in [2.24, 2.45) is 0 Å². The number of ether oxygens (including phenoxy) is 1. The van der Waals surface area contributed by atoms with E-state index in [1.54, 1.807) is 19.2 Å². The van der Waals surface area contributed by atoms with Gasteiger partial charge in [0.1, 0.15) is 11.6 Å². The summed E-state index contributed by atoms with van der Waals surface area (Å²) in [5, 5.41) is 11.1. The summed E-state index contributed by atoms with van der Waals surface area (Å²) in [6.07, 6.45) is 2.25. The summed E-state index contributed by atoms with van der Waals surface area (Å²) in [6.45, 7) is 2.63. The second-order valence-corrected chi connectivity index (χ2v) is 7.45. The SMILES string of the molecule is CCCCS(=O)(=O)Nc1ccc(NCCc2cccc(OC)c2)nn1. The van der Waals surface area contributed by atoms with Crippen molar-refractivity contribution >= 4 is 21.7 Å². The molecule has 0 unspecified atom stereocenters. The maximum Gasteiger partial charge on any atom is 0.233 e. The van der Waals surface area contributed by atoms with Crippen LogP contribution in [0.2, 0.25) is 0 Å². The lowest BCUT2D eigenvalue weighted by atomic mass is 10.1. The van der Waals surface area contributed by atoms with Gasteiger partial charge in [0, 0.05) is 6.54 Å². The number of nitrogens with zero attached hydrogens (tertiary/aromatic N) is 2. The van der Waals surface area contributed by atoms with Gasteiger partial charge in [0.15, 0.2) is 5.82 Å². The van der Waals surface area contributed by atoms with Crippen LogP contribution in [0.3, 0.4) is 0 Å². The molecule has 7 nitrogen and oxygen atoms in total. The van der Waals surface area contributed by atoms with Gasteiger partial charge in [-0.05, 0) is 42.7 Å².